The number of carbonyl (C=O) groups excluding carboxylic acids is 1. The maximum atomic E-state index is 12.8. The van der Waals surface area contributed by atoms with Gasteiger partial charge < -0.3 is 4.74 Å². The predicted molar refractivity (Wildman–Crippen MR) is 137 cm³/mol. The molecule has 0 aliphatic heterocycles. The summed E-state index contributed by atoms with van der Waals surface area (Å²) in [6.45, 7) is 0.221. The third kappa shape index (κ3) is 5.10. The minimum Gasteiger partial charge on any atom is -0.487 e. The highest BCUT2D eigenvalue weighted by atomic mass is 32.1. The summed E-state index contributed by atoms with van der Waals surface area (Å²) in [5, 5.41) is 9.69. The quantitative estimate of drug-likeness (QED) is 0.259. The Labute approximate surface area is 218 Å². The number of fused-ring (bicyclic) bond motifs is 1. The molecule has 0 atom stereocenters. The molecule has 1 amide bonds. The lowest BCUT2D eigenvalue weighted by Gasteiger charge is -2.07. The molecule has 192 valence electrons. The summed E-state index contributed by atoms with van der Waals surface area (Å²) in [6, 6.07) is 18.1. The Bertz CT molecular complexity index is 1610. The lowest BCUT2D eigenvalue weighted by atomic mass is 10.1. The first-order valence-corrected chi connectivity index (χ1v) is 12.7. The zero-order valence-corrected chi connectivity index (χ0v) is 20.6. The maximum Gasteiger partial charge on any atom is 0.416 e. The minimum atomic E-state index is -4.37. The Morgan fingerprint density at radius 2 is 1.74 bits per heavy atom. The first-order chi connectivity index (χ1) is 18.3. The molecule has 1 aliphatic rings. The molecule has 0 spiro atoms. The number of hydrogen-bond donors (Lipinski definition) is 1. The fourth-order valence-electron chi connectivity index (χ4n) is 3.92. The number of nitrogens with zero attached hydrogens (tertiary/aromatic N) is 4. The van der Waals surface area contributed by atoms with Crippen LogP contribution in [0, 0.1) is 5.92 Å². The summed E-state index contributed by atoms with van der Waals surface area (Å²) in [4.78, 5) is 21.0. The number of pyridine rings is 1. The summed E-state index contributed by atoms with van der Waals surface area (Å²) in [5.41, 5.74) is 2.95. The first-order valence-electron chi connectivity index (χ1n) is 11.9. The number of amides is 1. The number of hydrogen-bond acceptors (Lipinski definition) is 6. The molecule has 5 aromatic rings. The van der Waals surface area contributed by atoms with Crippen LogP contribution in [-0.4, -0.2) is 25.5 Å². The van der Waals surface area contributed by atoms with Crippen LogP contribution in [0.5, 0.6) is 5.75 Å². The number of thiazole rings is 1. The topological polar surface area (TPSA) is 81.4 Å². The van der Waals surface area contributed by atoms with Gasteiger partial charge in [0.15, 0.2) is 5.65 Å². The summed E-state index contributed by atoms with van der Waals surface area (Å²) in [7, 11) is 0. The van der Waals surface area contributed by atoms with Crippen molar-refractivity contribution in [1.82, 2.24) is 19.6 Å². The molecule has 1 fully saturated rings. The second kappa shape index (κ2) is 9.56. The number of aromatic nitrogens is 4. The SMILES string of the molecule is O=C(Nc1nc2cccc(-c3ccc(OCc4csc(-c5ccc(C(F)(F)F)cc5)n4)cc3)n2n1)C1CC1. The van der Waals surface area contributed by atoms with E-state index in [0.29, 0.717) is 27.7 Å². The summed E-state index contributed by atoms with van der Waals surface area (Å²) in [5.74, 6) is 0.944. The molecule has 1 saturated carbocycles. The van der Waals surface area contributed by atoms with Crippen LogP contribution < -0.4 is 10.1 Å². The van der Waals surface area contributed by atoms with Crippen molar-refractivity contribution in [2.45, 2.75) is 25.6 Å². The Morgan fingerprint density at radius 1 is 1.00 bits per heavy atom. The summed E-state index contributed by atoms with van der Waals surface area (Å²) >= 11 is 1.35. The number of nitrogens with one attached hydrogen (secondary N) is 1. The van der Waals surface area contributed by atoms with Crippen LogP contribution in [0.25, 0.3) is 27.5 Å². The molecule has 0 radical (unpaired) electrons. The van der Waals surface area contributed by atoms with E-state index in [1.54, 1.807) is 4.52 Å². The number of benzene rings is 2. The van der Waals surface area contributed by atoms with Crippen molar-refractivity contribution >= 4 is 28.8 Å². The average molecular weight is 536 g/mol. The predicted octanol–water partition coefficient (Wildman–Crippen LogP) is 6.47. The van der Waals surface area contributed by atoms with Crippen molar-refractivity contribution in [1.29, 1.82) is 0 Å². The van der Waals surface area contributed by atoms with Crippen molar-refractivity contribution in [2.75, 3.05) is 5.32 Å². The second-order valence-corrected chi connectivity index (χ2v) is 9.77. The minimum absolute atomic E-state index is 0.0458. The van der Waals surface area contributed by atoms with Crippen molar-refractivity contribution in [3.05, 3.63) is 83.4 Å². The fraction of sp³-hybridized carbons (Fsp3) is 0.185. The second-order valence-electron chi connectivity index (χ2n) is 8.91. The number of anilines is 1. The van der Waals surface area contributed by atoms with Gasteiger partial charge in [-0.05, 0) is 61.4 Å². The molecule has 0 unspecified atom stereocenters. The van der Waals surface area contributed by atoms with Gasteiger partial charge in [-0.2, -0.15) is 18.2 Å². The molecule has 0 bridgehead atoms. The highest BCUT2D eigenvalue weighted by Gasteiger charge is 2.31. The zero-order chi connectivity index (χ0) is 26.3. The summed E-state index contributed by atoms with van der Waals surface area (Å²) in [6.07, 6.45) is -2.56. The van der Waals surface area contributed by atoms with Crippen LogP contribution in [0.1, 0.15) is 24.1 Å². The van der Waals surface area contributed by atoms with E-state index in [9.17, 15) is 18.0 Å². The van der Waals surface area contributed by atoms with E-state index in [2.05, 4.69) is 20.4 Å². The van der Waals surface area contributed by atoms with Crippen LogP contribution in [0.4, 0.5) is 19.1 Å². The number of rotatable bonds is 7. The molecule has 0 saturated heterocycles. The number of carbonyl (C=O) groups is 1. The molecule has 7 nitrogen and oxygen atoms in total. The van der Waals surface area contributed by atoms with E-state index >= 15 is 0 Å². The van der Waals surface area contributed by atoms with Gasteiger partial charge in [0.2, 0.25) is 11.9 Å². The highest BCUT2D eigenvalue weighted by molar-refractivity contribution is 7.13. The number of halogens is 3. The Kier molecular flexibility index (Phi) is 6.07. The van der Waals surface area contributed by atoms with Crippen molar-refractivity contribution < 1.29 is 22.7 Å². The molecule has 3 aromatic heterocycles. The van der Waals surface area contributed by atoms with Crippen LogP contribution in [0.3, 0.4) is 0 Å². The molecule has 3 heterocycles. The molecule has 38 heavy (non-hydrogen) atoms. The van der Waals surface area contributed by atoms with Gasteiger partial charge in [0.25, 0.3) is 0 Å². The lowest BCUT2D eigenvalue weighted by molar-refractivity contribution is -0.137. The average Bonchev–Trinajstić information content (AvgIpc) is 3.52. The van der Waals surface area contributed by atoms with Gasteiger partial charge in [0.1, 0.15) is 17.4 Å². The van der Waals surface area contributed by atoms with Crippen LogP contribution in [-0.2, 0) is 17.6 Å². The van der Waals surface area contributed by atoms with Crippen molar-refractivity contribution in [3.63, 3.8) is 0 Å². The fourth-order valence-corrected chi connectivity index (χ4v) is 4.73. The molecule has 6 rings (SSSR count). The van der Waals surface area contributed by atoms with Crippen molar-refractivity contribution in [2.24, 2.45) is 5.92 Å². The summed E-state index contributed by atoms with van der Waals surface area (Å²) < 4.78 is 46.0. The molecular formula is C27H20F3N5O2S. The molecule has 2 aromatic carbocycles. The molecular weight excluding hydrogens is 515 g/mol. The molecule has 1 aliphatic carbocycles. The molecule has 11 heteroatoms. The van der Waals surface area contributed by atoms with Gasteiger partial charge in [-0.3, -0.25) is 10.1 Å². The largest absolute Gasteiger partial charge is 0.487 e. The van der Waals surface area contributed by atoms with E-state index in [4.69, 9.17) is 4.74 Å². The number of ether oxygens (including phenoxy) is 1. The van der Waals surface area contributed by atoms with Gasteiger partial charge in [0.05, 0.1) is 17.0 Å². The standard InChI is InChI=1S/C27H20F3N5O2S/c28-27(29,30)19-10-6-18(7-11-19)25-31-20(15-38-25)14-37-21-12-8-16(9-13-21)22-2-1-3-23-32-26(34-35(22)23)33-24(36)17-4-5-17/h1-3,6-13,15,17H,4-5,14H2,(H,33,34,36). The Balaban J connectivity index is 1.12. The lowest BCUT2D eigenvalue weighted by Crippen LogP contribution is -2.14. The third-order valence-corrected chi connectivity index (χ3v) is 7.03. The van der Waals surface area contributed by atoms with E-state index in [-0.39, 0.29) is 24.4 Å². The van der Waals surface area contributed by atoms with E-state index < -0.39 is 11.7 Å². The normalized spacial score (nSPS) is 13.6. The van der Waals surface area contributed by atoms with Crippen LogP contribution >= 0.6 is 11.3 Å². The van der Waals surface area contributed by atoms with E-state index in [0.717, 1.165) is 36.2 Å². The maximum absolute atomic E-state index is 12.8. The van der Waals surface area contributed by atoms with Gasteiger partial charge in [0, 0.05) is 22.4 Å². The Morgan fingerprint density at radius 3 is 2.45 bits per heavy atom. The highest BCUT2D eigenvalue weighted by Crippen LogP contribution is 2.32. The number of alkyl halides is 3. The van der Waals surface area contributed by atoms with Crippen molar-refractivity contribution in [3.8, 4) is 27.6 Å². The monoisotopic (exact) mass is 535 g/mol. The van der Waals surface area contributed by atoms with Crippen LogP contribution in [0.2, 0.25) is 0 Å². The zero-order valence-electron chi connectivity index (χ0n) is 19.8. The van der Waals surface area contributed by atoms with Crippen LogP contribution in [0.15, 0.2) is 72.1 Å². The van der Waals surface area contributed by atoms with E-state index in [1.807, 2.05) is 47.8 Å². The molecule has 1 N–H and O–H groups in total. The Hall–Kier alpha value is -4.25. The van der Waals surface area contributed by atoms with E-state index in [1.165, 1.54) is 23.5 Å². The van der Waals surface area contributed by atoms with Gasteiger partial charge in [-0.25, -0.2) is 9.50 Å². The van der Waals surface area contributed by atoms with Gasteiger partial charge >= 0.3 is 6.18 Å². The smallest absolute Gasteiger partial charge is 0.416 e. The first kappa shape index (κ1) is 24.1. The third-order valence-electron chi connectivity index (χ3n) is 6.09. The van der Waals surface area contributed by atoms with Gasteiger partial charge in [-0.15, -0.1) is 16.4 Å². The van der Waals surface area contributed by atoms with Gasteiger partial charge in [-0.1, -0.05) is 18.2 Å².